The summed E-state index contributed by atoms with van der Waals surface area (Å²) >= 11 is 0. The van der Waals surface area contributed by atoms with Crippen molar-refractivity contribution in [3.8, 4) is 0 Å². The predicted molar refractivity (Wildman–Crippen MR) is 59.6 cm³/mol. The van der Waals surface area contributed by atoms with Gasteiger partial charge in [0.2, 0.25) is 0 Å². The highest BCUT2D eigenvalue weighted by atomic mass is 14.8. The summed E-state index contributed by atoms with van der Waals surface area (Å²) in [6.07, 6.45) is 4.99. The summed E-state index contributed by atoms with van der Waals surface area (Å²) in [7, 11) is 0. The zero-order chi connectivity index (χ0) is 10.1. The third kappa shape index (κ3) is 1.31. The minimum atomic E-state index is 0.534. The molecule has 0 aliphatic carbocycles. The van der Waals surface area contributed by atoms with Gasteiger partial charge < -0.3 is 4.98 Å². The van der Waals surface area contributed by atoms with Crippen molar-refractivity contribution >= 4 is 10.9 Å². The number of aromatic nitrogens is 2. The molecule has 0 saturated carbocycles. The maximum Gasteiger partial charge on any atom is 0.0675 e. The standard InChI is InChI=1S/C12H16N2/c1-4-11-12-9(5-6-13-12)10(7-14-11)8(2)3/h5-8,13H,4H2,1-3H3. The lowest BCUT2D eigenvalue weighted by Crippen LogP contribution is -1.95. The maximum absolute atomic E-state index is 4.49. The van der Waals surface area contributed by atoms with Gasteiger partial charge in [0, 0.05) is 17.8 Å². The summed E-state index contributed by atoms with van der Waals surface area (Å²) in [5.74, 6) is 0.534. The highest BCUT2D eigenvalue weighted by Crippen LogP contribution is 2.25. The van der Waals surface area contributed by atoms with Gasteiger partial charge in [0.25, 0.3) is 0 Å². The number of H-pyrrole nitrogens is 1. The van der Waals surface area contributed by atoms with Gasteiger partial charge in [0.1, 0.15) is 0 Å². The summed E-state index contributed by atoms with van der Waals surface area (Å²) < 4.78 is 0. The van der Waals surface area contributed by atoms with Crippen LogP contribution in [-0.4, -0.2) is 9.97 Å². The minimum absolute atomic E-state index is 0.534. The largest absolute Gasteiger partial charge is 0.360 e. The Kier molecular flexibility index (Phi) is 2.28. The quantitative estimate of drug-likeness (QED) is 0.770. The molecule has 2 aromatic heterocycles. The Morgan fingerprint density at radius 1 is 1.43 bits per heavy atom. The molecule has 0 bridgehead atoms. The van der Waals surface area contributed by atoms with Gasteiger partial charge in [0.05, 0.1) is 11.2 Å². The van der Waals surface area contributed by atoms with Gasteiger partial charge >= 0.3 is 0 Å². The summed E-state index contributed by atoms with van der Waals surface area (Å²) in [5, 5.41) is 1.33. The van der Waals surface area contributed by atoms with Crippen LogP contribution in [0.2, 0.25) is 0 Å². The van der Waals surface area contributed by atoms with Crippen LogP contribution in [0.5, 0.6) is 0 Å². The lowest BCUT2D eigenvalue weighted by atomic mass is 10.0. The molecule has 74 valence electrons. The van der Waals surface area contributed by atoms with Crippen LogP contribution in [0, 0.1) is 0 Å². The Morgan fingerprint density at radius 3 is 2.86 bits per heavy atom. The lowest BCUT2D eigenvalue weighted by molar-refractivity contribution is 0.864. The summed E-state index contributed by atoms with van der Waals surface area (Å²) in [5.41, 5.74) is 3.70. The second kappa shape index (κ2) is 3.45. The number of nitrogens with one attached hydrogen (secondary N) is 1. The van der Waals surface area contributed by atoms with E-state index in [4.69, 9.17) is 0 Å². The van der Waals surface area contributed by atoms with Gasteiger partial charge in [-0.25, -0.2) is 0 Å². The van der Waals surface area contributed by atoms with Crippen LogP contribution in [0.15, 0.2) is 18.5 Å². The van der Waals surface area contributed by atoms with Crippen molar-refractivity contribution in [1.29, 1.82) is 0 Å². The number of hydrogen-bond donors (Lipinski definition) is 1. The molecule has 0 radical (unpaired) electrons. The average molecular weight is 188 g/mol. The van der Waals surface area contributed by atoms with E-state index >= 15 is 0 Å². The number of nitrogens with zero attached hydrogens (tertiary/aromatic N) is 1. The number of fused-ring (bicyclic) bond motifs is 1. The number of aryl methyl sites for hydroxylation is 1. The van der Waals surface area contributed by atoms with Crippen molar-refractivity contribution in [2.75, 3.05) is 0 Å². The Labute approximate surface area is 84.4 Å². The molecule has 0 aromatic carbocycles. The van der Waals surface area contributed by atoms with Crippen molar-refractivity contribution in [3.05, 3.63) is 29.7 Å². The van der Waals surface area contributed by atoms with Gasteiger partial charge in [-0.05, 0) is 24.0 Å². The normalized spacial score (nSPS) is 11.4. The van der Waals surface area contributed by atoms with Gasteiger partial charge in [-0.2, -0.15) is 0 Å². The molecule has 2 nitrogen and oxygen atoms in total. The van der Waals surface area contributed by atoms with E-state index in [0.29, 0.717) is 5.92 Å². The third-order valence-corrected chi connectivity index (χ3v) is 2.66. The Bertz CT molecular complexity index is 441. The molecule has 0 amide bonds. The molecular formula is C12H16N2. The van der Waals surface area contributed by atoms with E-state index in [1.165, 1.54) is 16.5 Å². The molecule has 0 saturated heterocycles. The molecule has 2 heterocycles. The predicted octanol–water partition coefficient (Wildman–Crippen LogP) is 3.25. The summed E-state index contributed by atoms with van der Waals surface area (Å²) in [6.45, 7) is 6.54. The first-order chi connectivity index (χ1) is 6.74. The van der Waals surface area contributed by atoms with E-state index in [-0.39, 0.29) is 0 Å². The first-order valence-corrected chi connectivity index (χ1v) is 5.19. The SMILES string of the molecule is CCc1ncc(C(C)C)c2cc[nH]c12. The second-order valence-electron chi connectivity index (χ2n) is 3.93. The number of hydrogen-bond acceptors (Lipinski definition) is 1. The highest BCUT2D eigenvalue weighted by Gasteiger charge is 2.09. The van der Waals surface area contributed by atoms with E-state index in [1.54, 1.807) is 0 Å². The number of rotatable bonds is 2. The molecule has 0 aliphatic rings. The highest BCUT2D eigenvalue weighted by molar-refractivity contribution is 5.84. The molecule has 0 spiro atoms. The smallest absolute Gasteiger partial charge is 0.0675 e. The Morgan fingerprint density at radius 2 is 2.21 bits per heavy atom. The van der Waals surface area contributed by atoms with Crippen LogP contribution in [0.4, 0.5) is 0 Å². The van der Waals surface area contributed by atoms with E-state index < -0.39 is 0 Å². The molecule has 2 rings (SSSR count). The minimum Gasteiger partial charge on any atom is -0.360 e. The monoisotopic (exact) mass is 188 g/mol. The second-order valence-corrected chi connectivity index (χ2v) is 3.93. The fraction of sp³-hybridized carbons (Fsp3) is 0.417. The molecule has 1 N–H and O–H groups in total. The van der Waals surface area contributed by atoms with Gasteiger partial charge in [-0.15, -0.1) is 0 Å². The van der Waals surface area contributed by atoms with E-state index in [0.717, 1.165) is 12.1 Å². The van der Waals surface area contributed by atoms with Crippen LogP contribution in [-0.2, 0) is 6.42 Å². The molecule has 0 atom stereocenters. The summed E-state index contributed by atoms with van der Waals surface area (Å²) in [6, 6.07) is 2.14. The zero-order valence-electron chi connectivity index (χ0n) is 8.96. The summed E-state index contributed by atoms with van der Waals surface area (Å²) in [4.78, 5) is 7.76. The zero-order valence-corrected chi connectivity index (χ0v) is 8.96. The Hall–Kier alpha value is -1.31. The first-order valence-electron chi connectivity index (χ1n) is 5.19. The molecule has 0 fully saturated rings. The molecular weight excluding hydrogens is 172 g/mol. The fourth-order valence-corrected chi connectivity index (χ4v) is 1.86. The number of aromatic amines is 1. The van der Waals surface area contributed by atoms with Crippen LogP contribution >= 0.6 is 0 Å². The topological polar surface area (TPSA) is 28.7 Å². The first kappa shape index (κ1) is 9.25. The number of pyridine rings is 1. The van der Waals surface area contributed by atoms with Crippen LogP contribution in [0.3, 0.4) is 0 Å². The molecule has 2 aromatic rings. The van der Waals surface area contributed by atoms with E-state index in [2.05, 4.69) is 36.8 Å². The average Bonchev–Trinajstić information content (AvgIpc) is 2.64. The van der Waals surface area contributed by atoms with Crippen LogP contribution in [0.25, 0.3) is 10.9 Å². The van der Waals surface area contributed by atoms with Gasteiger partial charge in [0.15, 0.2) is 0 Å². The van der Waals surface area contributed by atoms with E-state index in [9.17, 15) is 0 Å². The Balaban J connectivity index is 2.72. The van der Waals surface area contributed by atoms with E-state index in [1.807, 2.05) is 12.4 Å². The molecule has 0 aliphatic heterocycles. The van der Waals surface area contributed by atoms with Crippen molar-refractivity contribution < 1.29 is 0 Å². The maximum atomic E-state index is 4.49. The van der Waals surface area contributed by atoms with Gasteiger partial charge in [-0.1, -0.05) is 20.8 Å². The molecule has 14 heavy (non-hydrogen) atoms. The van der Waals surface area contributed by atoms with Crippen molar-refractivity contribution in [1.82, 2.24) is 9.97 Å². The molecule has 2 heteroatoms. The fourth-order valence-electron chi connectivity index (χ4n) is 1.86. The van der Waals surface area contributed by atoms with Crippen molar-refractivity contribution in [3.63, 3.8) is 0 Å². The van der Waals surface area contributed by atoms with Crippen molar-refractivity contribution in [2.24, 2.45) is 0 Å². The van der Waals surface area contributed by atoms with Crippen molar-refractivity contribution in [2.45, 2.75) is 33.1 Å². The molecule has 0 unspecified atom stereocenters. The van der Waals surface area contributed by atoms with Crippen LogP contribution in [0.1, 0.15) is 37.9 Å². The lowest BCUT2D eigenvalue weighted by Gasteiger charge is -2.08. The van der Waals surface area contributed by atoms with Crippen LogP contribution < -0.4 is 0 Å². The third-order valence-electron chi connectivity index (χ3n) is 2.66. The van der Waals surface area contributed by atoms with Gasteiger partial charge in [-0.3, -0.25) is 4.98 Å².